The topological polar surface area (TPSA) is 43.6 Å². The van der Waals surface area contributed by atoms with Gasteiger partial charge in [0.05, 0.1) is 6.33 Å². The first kappa shape index (κ1) is 9.83. The van der Waals surface area contributed by atoms with Crippen molar-refractivity contribution in [2.45, 2.75) is 31.7 Å². The van der Waals surface area contributed by atoms with Gasteiger partial charge in [0.25, 0.3) is 0 Å². The summed E-state index contributed by atoms with van der Waals surface area (Å²) in [5.74, 6) is 1.73. The van der Waals surface area contributed by atoms with Crippen molar-refractivity contribution < 1.29 is 0 Å². The molecule has 2 aromatic rings. The molecule has 17 heavy (non-hydrogen) atoms. The van der Waals surface area contributed by atoms with Crippen LogP contribution in [0.2, 0.25) is 5.15 Å². The molecule has 2 bridgehead atoms. The normalized spacial score (nSPS) is 31.5. The summed E-state index contributed by atoms with van der Waals surface area (Å²) < 4.78 is 2.22. The standard InChI is InChI=1S/C12H13ClN4/c13-11-10-12(15-5-14-11)17(6-16-10)9-4-7-1-2-8(9)3-7/h5-9H,1-4H2/t7-,8+,9+/m0/s1. The number of rotatable bonds is 1. The van der Waals surface area contributed by atoms with E-state index in [-0.39, 0.29) is 0 Å². The number of fused-ring (bicyclic) bond motifs is 3. The van der Waals surface area contributed by atoms with Crippen molar-refractivity contribution in [2.24, 2.45) is 11.8 Å². The highest BCUT2D eigenvalue weighted by Crippen LogP contribution is 2.51. The van der Waals surface area contributed by atoms with Gasteiger partial charge in [0.15, 0.2) is 10.8 Å². The Morgan fingerprint density at radius 3 is 2.88 bits per heavy atom. The number of halogens is 1. The highest BCUT2D eigenvalue weighted by Gasteiger charge is 2.41. The first-order valence-corrected chi connectivity index (χ1v) is 6.54. The van der Waals surface area contributed by atoms with Crippen LogP contribution in [-0.4, -0.2) is 19.5 Å². The van der Waals surface area contributed by atoms with Gasteiger partial charge in [-0.2, -0.15) is 0 Å². The lowest BCUT2D eigenvalue weighted by molar-refractivity contribution is 0.334. The Hall–Kier alpha value is -1.16. The average molecular weight is 249 g/mol. The number of hydrogen-bond acceptors (Lipinski definition) is 3. The lowest BCUT2D eigenvalue weighted by Crippen LogP contribution is -2.15. The second kappa shape index (κ2) is 3.42. The zero-order chi connectivity index (χ0) is 11.4. The summed E-state index contributed by atoms with van der Waals surface area (Å²) in [5, 5.41) is 0.455. The minimum atomic E-state index is 0.455. The van der Waals surface area contributed by atoms with Crippen molar-refractivity contribution >= 4 is 22.8 Å². The Morgan fingerprint density at radius 2 is 2.12 bits per heavy atom. The molecule has 0 amide bonds. The molecule has 2 saturated carbocycles. The molecule has 0 aromatic carbocycles. The van der Waals surface area contributed by atoms with E-state index in [1.165, 1.54) is 32.0 Å². The maximum atomic E-state index is 6.03. The molecular weight excluding hydrogens is 236 g/mol. The molecular formula is C12H13ClN4. The molecule has 0 aliphatic heterocycles. The van der Waals surface area contributed by atoms with E-state index in [0.717, 1.165) is 23.0 Å². The summed E-state index contributed by atoms with van der Waals surface area (Å²) in [6, 6.07) is 0.574. The van der Waals surface area contributed by atoms with E-state index in [9.17, 15) is 0 Å². The summed E-state index contributed by atoms with van der Waals surface area (Å²) in [7, 11) is 0. The van der Waals surface area contributed by atoms with Crippen molar-refractivity contribution in [2.75, 3.05) is 0 Å². The molecule has 4 rings (SSSR count). The van der Waals surface area contributed by atoms with Crippen molar-refractivity contribution in [1.29, 1.82) is 0 Å². The van der Waals surface area contributed by atoms with Crippen molar-refractivity contribution in [1.82, 2.24) is 19.5 Å². The van der Waals surface area contributed by atoms with Gasteiger partial charge in [0.1, 0.15) is 11.8 Å². The second-order valence-electron chi connectivity index (χ2n) is 5.23. The molecule has 0 radical (unpaired) electrons. The fourth-order valence-electron chi connectivity index (χ4n) is 3.62. The van der Waals surface area contributed by atoms with Crippen LogP contribution in [0.3, 0.4) is 0 Å². The lowest BCUT2D eigenvalue weighted by atomic mass is 9.95. The van der Waals surface area contributed by atoms with Gasteiger partial charge in [-0.25, -0.2) is 15.0 Å². The molecule has 2 aliphatic rings. The summed E-state index contributed by atoms with van der Waals surface area (Å²) in [6.07, 6.45) is 8.82. The van der Waals surface area contributed by atoms with Gasteiger partial charge in [-0.3, -0.25) is 0 Å². The average Bonchev–Trinajstić information content (AvgIpc) is 3.03. The molecule has 2 fully saturated rings. The summed E-state index contributed by atoms with van der Waals surface area (Å²) in [4.78, 5) is 12.7. The fourth-order valence-corrected chi connectivity index (χ4v) is 3.79. The first-order valence-electron chi connectivity index (χ1n) is 6.16. The van der Waals surface area contributed by atoms with Gasteiger partial charge in [-0.1, -0.05) is 18.0 Å². The van der Waals surface area contributed by atoms with E-state index in [1.807, 2.05) is 6.33 Å². The maximum absolute atomic E-state index is 6.03. The van der Waals surface area contributed by atoms with Gasteiger partial charge >= 0.3 is 0 Å². The molecule has 2 aromatic heterocycles. The summed E-state index contributed by atoms with van der Waals surface area (Å²) >= 11 is 6.03. The fraction of sp³-hybridized carbons (Fsp3) is 0.583. The zero-order valence-corrected chi connectivity index (χ0v) is 10.1. The molecule has 88 valence electrons. The SMILES string of the molecule is Clc1ncnc2c1ncn2[C@@H]1C[C@H]2CC[C@@H]1C2. The third kappa shape index (κ3) is 1.33. The van der Waals surface area contributed by atoms with Crippen LogP contribution in [-0.2, 0) is 0 Å². The highest BCUT2D eigenvalue weighted by atomic mass is 35.5. The molecule has 2 aliphatic carbocycles. The molecule has 5 heteroatoms. The van der Waals surface area contributed by atoms with Crippen molar-refractivity contribution in [3.8, 4) is 0 Å². The minimum Gasteiger partial charge on any atom is -0.312 e. The predicted molar refractivity (Wildman–Crippen MR) is 64.8 cm³/mol. The van der Waals surface area contributed by atoms with E-state index in [1.54, 1.807) is 0 Å². The zero-order valence-electron chi connectivity index (χ0n) is 9.38. The minimum absolute atomic E-state index is 0.455. The Morgan fingerprint density at radius 1 is 1.18 bits per heavy atom. The van der Waals surface area contributed by atoms with Crippen LogP contribution in [0.1, 0.15) is 31.7 Å². The molecule has 2 heterocycles. The molecule has 0 saturated heterocycles. The molecule has 0 N–H and O–H groups in total. The molecule has 3 atom stereocenters. The van der Waals surface area contributed by atoms with E-state index in [0.29, 0.717) is 11.2 Å². The van der Waals surface area contributed by atoms with Crippen LogP contribution in [0.15, 0.2) is 12.7 Å². The predicted octanol–water partition coefficient (Wildman–Crippen LogP) is 2.84. The Labute approximate surface area is 104 Å². The third-order valence-corrected chi connectivity index (χ3v) is 4.65. The van der Waals surface area contributed by atoms with Crippen molar-refractivity contribution in [3.63, 3.8) is 0 Å². The van der Waals surface area contributed by atoms with Gasteiger partial charge in [-0.05, 0) is 31.1 Å². The number of nitrogens with zero attached hydrogens (tertiary/aromatic N) is 4. The van der Waals surface area contributed by atoms with E-state index < -0.39 is 0 Å². The largest absolute Gasteiger partial charge is 0.312 e. The molecule has 4 nitrogen and oxygen atoms in total. The summed E-state index contributed by atoms with van der Waals surface area (Å²) in [6.45, 7) is 0. The van der Waals surface area contributed by atoms with Gasteiger partial charge in [0.2, 0.25) is 0 Å². The Balaban J connectivity index is 1.84. The Bertz CT molecular complexity index is 579. The van der Waals surface area contributed by atoms with Gasteiger partial charge in [0, 0.05) is 6.04 Å². The molecule has 0 spiro atoms. The quantitative estimate of drug-likeness (QED) is 0.729. The number of imidazole rings is 1. The first-order chi connectivity index (χ1) is 8.33. The maximum Gasteiger partial charge on any atom is 0.165 e. The monoisotopic (exact) mass is 248 g/mol. The van der Waals surface area contributed by atoms with E-state index in [2.05, 4.69) is 19.5 Å². The highest BCUT2D eigenvalue weighted by molar-refractivity contribution is 6.33. The van der Waals surface area contributed by atoms with E-state index in [4.69, 9.17) is 11.6 Å². The summed E-state index contributed by atoms with van der Waals surface area (Å²) in [5.41, 5.74) is 1.62. The van der Waals surface area contributed by atoms with Gasteiger partial charge in [-0.15, -0.1) is 0 Å². The number of aromatic nitrogens is 4. The molecule has 0 unspecified atom stereocenters. The van der Waals surface area contributed by atoms with Crippen LogP contribution >= 0.6 is 11.6 Å². The smallest absolute Gasteiger partial charge is 0.165 e. The van der Waals surface area contributed by atoms with Crippen LogP contribution in [0.5, 0.6) is 0 Å². The van der Waals surface area contributed by atoms with Crippen molar-refractivity contribution in [3.05, 3.63) is 17.8 Å². The van der Waals surface area contributed by atoms with Crippen LogP contribution in [0.4, 0.5) is 0 Å². The second-order valence-corrected chi connectivity index (χ2v) is 5.59. The van der Waals surface area contributed by atoms with Crippen LogP contribution in [0, 0.1) is 11.8 Å². The number of hydrogen-bond donors (Lipinski definition) is 0. The third-order valence-electron chi connectivity index (χ3n) is 4.37. The van der Waals surface area contributed by atoms with Crippen LogP contribution in [0.25, 0.3) is 11.2 Å². The van der Waals surface area contributed by atoms with E-state index >= 15 is 0 Å². The van der Waals surface area contributed by atoms with Gasteiger partial charge < -0.3 is 4.57 Å². The Kier molecular flexibility index (Phi) is 1.98. The van der Waals surface area contributed by atoms with Crippen LogP contribution < -0.4 is 0 Å². The lowest BCUT2D eigenvalue weighted by Gasteiger charge is -2.23.